The third kappa shape index (κ3) is 47.2. The molecule has 0 aromatic heterocycles. The van der Waals surface area contributed by atoms with E-state index in [-0.39, 0.29) is 7.35 Å². The van der Waals surface area contributed by atoms with Crippen molar-refractivity contribution >= 4 is 14.7 Å². The van der Waals surface area contributed by atoms with E-state index in [0.717, 1.165) is 0 Å². The van der Waals surface area contributed by atoms with Crippen molar-refractivity contribution in [3.05, 3.63) is 0 Å². The van der Waals surface area contributed by atoms with E-state index in [2.05, 4.69) is 4.81 Å². The smallest absolute Gasteiger partial charge is 0.400 e. The summed E-state index contributed by atoms with van der Waals surface area (Å²) in [6.07, 6.45) is 0. The van der Waals surface area contributed by atoms with Gasteiger partial charge in [0.15, 0.2) is 0 Å². The Bertz CT molecular complexity index is 41.8. The molecule has 0 fully saturated rings. The Kier molecular flexibility index (Phi) is 12.8. The van der Waals surface area contributed by atoms with Crippen molar-refractivity contribution in [2.24, 2.45) is 0 Å². The number of rotatable bonds is 1. The molecule has 0 atom stereocenters. The average Bonchev–Trinajstić information content (AvgIpc) is 1.69. The molecule has 0 unspecified atom stereocenters. The first kappa shape index (κ1) is 10.5. The molecule has 0 aromatic rings. The Labute approximate surface area is 45.7 Å². The normalized spacial score (nSPS) is 5.88. The quantitative estimate of drug-likeness (QED) is 0.172. The minimum Gasteiger partial charge on any atom is -0.400 e. The van der Waals surface area contributed by atoms with Gasteiger partial charge in [0.2, 0.25) is 0 Å². The van der Waals surface area contributed by atoms with E-state index in [1.54, 1.807) is 0 Å². The van der Waals surface area contributed by atoms with Crippen molar-refractivity contribution in [1.29, 1.82) is 0 Å². The maximum absolute atomic E-state index is 8.36. The largest absolute Gasteiger partial charge is 0.662 e. The van der Waals surface area contributed by atoms with Crippen molar-refractivity contribution in [3.8, 4) is 0 Å². The van der Waals surface area contributed by atoms with Gasteiger partial charge in [0.25, 0.3) is 0 Å². The van der Waals surface area contributed by atoms with Gasteiger partial charge in [0, 0.05) is 0 Å². The van der Waals surface area contributed by atoms with Gasteiger partial charge in [0.05, 0.1) is 0 Å². The minimum absolute atomic E-state index is 0.250. The van der Waals surface area contributed by atoms with Crippen LogP contribution < -0.4 is 0 Å². The van der Waals surface area contributed by atoms with Gasteiger partial charge in [-0.05, 0) is 0 Å². The Morgan fingerprint density at radius 3 is 1.62 bits per heavy atom. The fourth-order valence-electron chi connectivity index (χ4n) is 0. The topological polar surface area (TPSA) is 107 Å². The average molecular weight is 122 g/mol. The van der Waals surface area contributed by atoms with Crippen LogP contribution in [-0.2, 0) is 9.51 Å². The van der Waals surface area contributed by atoms with Gasteiger partial charge in [-0.25, -0.2) is 4.81 Å². The van der Waals surface area contributed by atoms with Crippen molar-refractivity contribution < 1.29 is 29.8 Å². The Balaban J connectivity index is 0. The minimum atomic E-state index is -2.06. The second-order valence-electron chi connectivity index (χ2n) is 0.537. The first-order chi connectivity index (χ1) is 3.68. The molecule has 0 saturated carbocycles. The fourth-order valence-corrected chi connectivity index (χ4v) is 0. The first-order valence-corrected chi connectivity index (χ1v) is 1.43. The molecule has 4 N–H and O–H groups in total. The molecule has 0 bridgehead atoms. The van der Waals surface area contributed by atoms with Gasteiger partial charge in [0.1, 0.15) is 0 Å². The summed E-state index contributed by atoms with van der Waals surface area (Å²) in [7, 11) is -2.31. The fraction of sp³-hybridized carbons (Fsp3) is 0. The second-order valence-corrected chi connectivity index (χ2v) is 0.537. The van der Waals surface area contributed by atoms with Crippen molar-refractivity contribution in [1.82, 2.24) is 0 Å². The zero-order valence-electron chi connectivity index (χ0n) is 3.76. The van der Waals surface area contributed by atoms with Crippen LogP contribution in [0.3, 0.4) is 0 Å². The summed E-state index contributed by atoms with van der Waals surface area (Å²) in [4.78, 5) is 2.86. The molecule has 0 aliphatic heterocycles. The predicted octanol–water partition coefficient (Wildman–Crippen LogP) is -2.61. The maximum Gasteiger partial charge on any atom is 0.662 e. The maximum atomic E-state index is 8.36. The molecule has 6 nitrogen and oxygen atoms in total. The predicted molar refractivity (Wildman–Crippen MR) is 22.6 cm³/mol. The molecule has 8 heavy (non-hydrogen) atoms. The van der Waals surface area contributed by atoms with Crippen LogP contribution in [0, 0.1) is 0 Å². The Morgan fingerprint density at radius 1 is 1.50 bits per heavy atom. The Morgan fingerprint density at radius 2 is 1.62 bits per heavy atom. The van der Waals surface area contributed by atoms with Crippen LogP contribution in [0.2, 0.25) is 0 Å². The molecule has 0 heterocycles. The molecule has 46 valence electrons. The monoisotopic (exact) mass is 122 g/mol. The Hall–Kier alpha value is -0.430. The van der Waals surface area contributed by atoms with E-state index in [1.165, 1.54) is 0 Å². The molecule has 0 spiro atoms. The SMILES string of the molecule is O=BO.OOB(O)O. The van der Waals surface area contributed by atoms with Crippen LogP contribution in [0.4, 0.5) is 0 Å². The van der Waals surface area contributed by atoms with Crippen LogP contribution in [-0.4, -0.2) is 35.0 Å². The molecule has 0 aromatic carbocycles. The van der Waals surface area contributed by atoms with Crippen LogP contribution in [0.15, 0.2) is 0 Å². The third-order valence-electron chi connectivity index (χ3n) is 0.0943. The molecule has 0 amide bonds. The van der Waals surface area contributed by atoms with Gasteiger partial charge in [-0.15, -0.1) is 0 Å². The van der Waals surface area contributed by atoms with Crippen LogP contribution in [0.25, 0.3) is 0 Å². The van der Waals surface area contributed by atoms with E-state index in [9.17, 15) is 0 Å². The third-order valence-corrected chi connectivity index (χ3v) is 0.0943. The summed E-state index contributed by atoms with van der Waals surface area (Å²) in [6.45, 7) is 0. The molecule has 0 aliphatic carbocycles. The zero-order chi connectivity index (χ0) is 6.99. The molecule has 0 rings (SSSR count). The molecular weight excluding hydrogens is 118 g/mol. The van der Waals surface area contributed by atoms with Crippen LogP contribution in [0.1, 0.15) is 0 Å². The van der Waals surface area contributed by atoms with E-state index in [4.69, 9.17) is 25.0 Å². The summed E-state index contributed by atoms with van der Waals surface area (Å²) in [5.74, 6) is 0. The van der Waals surface area contributed by atoms with Gasteiger partial charge in [-0.2, -0.15) is 0 Å². The summed E-state index contributed by atoms with van der Waals surface area (Å²) >= 11 is 0. The molecule has 0 radical (unpaired) electrons. The summed E-state index contributed by atoms with van der Waals surface area (Å²) < 4.78 is 8.36. The summed E-state index contributed by atoms with van der Waals surface area (Å²) in [6, 6.07) is 0. The van der Waals surface area contributed by atoms with E-state index in [0.29, 0.717) is 0 Å². The van der Waals surface area contributed by atoms with E-state index in [1.807, 2.05) is 0 Å². The van der Waals surface area contributed by atoms with Crippen molar-refractivity contribution in [2.75, 3.05) is 0 Å². The molecule has 0 aliphatic rings. The molecule has 0 saturated heterocycles. The number of hydrogen-bond donors (Lipinski definition) is 4. The summed E-state index contributed by atoms with van der Waals surface area (Å²) in [5, 5.41) is 28.9. The first-order valence-electron chi connectivity index (χ1n) is 1.43. The van der Waals surface area contributed by atoms with Gasteiger partial charge in [-0.3, -0.25) is 5.26 Å². The zero-order valence-corrected chi connectivity index (χ0v) is 3.76. The van der Waals surface area contributed by atoms with Gasteiger partial charge in [-0.1, -0.05) is 0 Å². The number of hydrogen-bond acceptors (Lipinski definition) is 5. The van der Waals surface area contributed by atoms with E-state index < -0.39 is 7.32 Å². The van der Waals surface area contributed by atoms with Crippen molar-refractivity contribution in [3.63, 3.8) is 0 Å². The van der Waals surface area contributed by atoms with Gasteiger partial charge < -0.3 is 10.0 Å². The van der Waals surface area contributed by atoms with Crippen LogP contribution in [0.5, 0.6) is 0 Å². The molecular formula is H4B2O6. The summed E-state index contributed by atoms with van der Waals surface area (Å²) in [5.41, 5.74) is 0. The van der Waals surface area contributed by atoms with Crippen LogP contribution >= 0.6 is 0 Å². The second kappa shape index (κ2) is 9.76. The molecule has 8 heteroatoms. The van der Waals surface area contributed by atoms with Crippen molar-refractivity contribution in [2.45, 2.75) is 0 Å². The van der Waals surface area contributed by atoms with Gasteiger partial charge >= 0.3 is 24.4 Å². The standard InChI is InChI=1S/BH3O4.BHO2/c2-1(3)5-4;2-1-3/h2-4H;2H. The van der Waals surface area contributed by atoms with E-state index >= 15 is 0 Å².